The molecule has 0 aliphatic heterocycles. The summed E-state index contributed by atoms with van der Waals surface area (Å²) >= 11 is 0. The standard InChI is InChI=1S/C18H23FN4O2/c1-22(12-13-3-2-4-17(13)24)18(25)20-11-15-9-10-23(21-15)16-7-5-14(19)6-8-16/h5-10,13,17,24H,2-4,11-12H2,1H3,(H,20,25). The van der Waals surface area contributed by atoms with Crippen molar-refractivity contribution in [3.05, 3.63) is 48.0 Å². The van der Waals surface area contributed by atoms with E-state index in [9.17, 15) is 14.3 Å². The summed E-state index contributed by atoms with van der Waals surface area (Å²) in [5, 5.41) is 17.1. The first-order valence-corrected chi connectivity index (χ1v) is 8.50. The summed E-state index contributed by atoms with van der Waals surface area (Å²) in [5.74, 6) is -0.132. The molecule has 1 fully saturated rings. The zero-order valence-electron chi connectivity index (χ0n) is 14.2. The quantitative estimate of drug-likeness (QED) is 0.873. The van der Waals surface area contributed by atoms with Crippen LogP contribution in [0.25, 0.3) is 5.69 Å². The molecular formula is C18H23FN4O2. The van der Waals surface area contributed by atoms with E-state index in [0.717, 1.165) is 24.9 Å². The van der Waals surface area contributed by atoms with Gasteiger partial charge in [0, 0.05) is 25.7 Å². The Kier molecular flexibility index (Phi) is 5.33. The Labute approximate surface area is 146 Å². The average Bonchev–Trinajstić information content (AvgIpc) is 3.23. The maximum absolute atomic E-state index is 13.0. The van der Waals surface area contributed by atoms with Gasteiger partial charge in [0.05, 0.1) is 24.0 Å². The number of rotatable bonds is 5. The van der Waals surface area contributed by atoms with E-state index in [2.05, 4.69) is 10.4 Å². The SMILES string of the molecule is CN(CC1CCCC1O)C(=O)NCc1ccn(-c2ccc(F)cc2)n1. The first kappa shape index (κ1) is 17.4. The Balaban J connectivity index is 1.51. The normalized spacial score (nSPS) is 19.8. The highest BCUT2D eigenvalue weighted by molar-refractivity contribution is 5.73. The lowest BCUT2D eigenvalue weighted by Gasteiger charge is -2.23. The van der Waals surface area contributed by atoms with Crippen LogP contribution < -0.4 is 5.32 Å². The number of benzene rings is 1. The zero-order chi connectivity index (χ0) is 17.8. The molecule has 2 aromatic rings. The van der Waals surface area contributed by atoms with Crippen molar-refractivity contribution in [3.63, 3.8) is 0 Å². The van der Waals surface area contributed by atoms with E-state index in [4.69, 9.17) is 0 Å². The molecule has 1 aromatic heterocycles. The van der Waals surface area contributed by atoms with E-state index >= 15 is 0 Å². The number of nitrogens with one attached hydrogen (secondary N) is 1. The van der Waals surface area contributed by atoms with Crippen molar-refractivity contribution in [3.8, 4) is 5.69 Å². The molecule has 7 heteroatoms. The molecule has 1 saturated carbocycles. The number of nitrogens with zero attached hydrogens (tertiary/aromatic N) is 3. The van der Waals surface area contributed by atoms with Crippen LogP contribution in [0.2, 0.25) is 0 Å². The minimum Gasteiger partial charge on any atom is -0.393 e. The van der Waals surface area contributed by atoms with Gasteiger partial charge in [0.1, 0.15) is 5.82 Å². The second kappa shape index (κ2) is 7.65. The Morgan fingerprint density at radius 3 is 2.80 bits per heavy atom. The van der Waals surface area contributed by atoms with Gasteiger partial charge in [-0.2, -0.15) is 5.10 Å². The summed E-state index contributed by atoms with van der Waals surface area (Å²) in [4.78, 5) is 13.8. The zero-order valence-corrected chi connectivity index (χ0v) is 14.2. The highest BCUT2D eigenvalue weighted by Gasteiger charge is 2.27. The van der Waals surface area contributed by atoms with Crippen molar-refractivity contribution in [2.75, 3.05) is 13.6 Å². The predicted molar refractivity (Wildman–Crippen MR) is 91.7 cm³/mol. The molecule has 2 amide bonds. The van der Waals surface area contributed by atoms with E-state index in [0.29, 0.717) is 18.8 Å². The summed E-state index contributed by atoms with van der Waals surface area (Å²) in [7, 11) is 1.73. The third kappa shape index (κ3) is 4.36. The first-order valence-electron chi connectivity index (χ1n) is 8.50. The molecule has 134 valence electrons. The van der Waals surface area contributed by atoms with E-state index < -0.39 is 0 Å². The maximum atomic E-state index is 13.0. The number of carbonyl (C=O) groups excluding carboxylic acids is 1. The Bertz CT molecular complexity index is 716. The number of hydrogen-bond donors (Lipinski definition) is 2. The lowest BCUT2D eigenvalue weighted by atomic mass is 10.1. The Hall–Kier alpha value is -2.41. The highest BCUT2D eigenvalue weighted by Crippen LogP contribution is 2.25. The molecule has 2 atom stereocenters. The van der Waals surface area contributed by atoms with Crippen molar-refractivity contribution in [2.45, 2.75) is 31.9 Å². The largest absolute Gasteiger partial charge is 0.393 e. The third-order valence-corrected chi connectivity index (χ3v) is 4.63. The molecule has 1 aromatic carbocycles. The van der Waals surface area contributed by atoms with Gasteiger partial charge in [-0.05, 0) is 43.2 Å². The fraction of sp³-hybridized carbons (Fsp3) is 0.444. The molecular weight excluding hydrogens is 323 g/mol. The molecule has 2 unspecified atom stereocenters. The molecule has 1 aliphatic carbocycles. The number of carbonyl (C=O) groups is 1. The molecule has 0 spiro atoms. The van der Waals surface area contributed by atoms with Crippen LogP contribution in [0.5, 0.6) is 0 Å². The van der Waals surface area contributed by atoms with Gasteiger partial charge in [0.15, 0.2) is 0 Å². The highest BCUT2D eigenvalue weighted by atomic mass is 19.1. The number of aliphatic hydroxyl groups is 1. The lowest BCUT2D eigenvalue weighted by molar-refractivity contribution is 0.114. The van der Waals surface area contributed by atoms with Crippen LogP contribution in [0, 0.1) is 11.7 Å². The molecule has 6 nitrogen and oxygen atoms in total. The average molecular weight is 346 g/mol. The minimum absolute atomic E-state index is 0.161. The number of halogens is 1. The van der Waals surface area contributed by atoms with Gasteiger partial charge in [-0.3, -0.25) is 0 Å². The lowest BCUT2D eigenvalue weighted by Crippen LogP contribution is -2.40. The van der Waals surface area contributed by atoms with Crippen molar-refractivity contribution in [1.82, 2.24) is 20.0 Å². The van der Waals surface area contributed by atoms with Crippen molar-refractivity contribution in [1.29, 1.82) is 0 Å². The van der Waals surface area contributed by atoms with Gasteiger partial charge >= 0.3 is 6.03 Å². The third-order valence-electron chi connectivity index (χ3n) is 4.63. The van der Waals surface area contributed by atoms with Crippen LogP contribution in [-0.4, -0.2) is 45.5 Å². The summed E-state index contributed by atoms with van der Waals surface area (Å²) < 4.78 is 14.6. The Morgan fingerprint density at radius 2 is 2.12 bits per heavy atom. The summed E-state index contributed by atoms with van der Waals surface area (Å²) in [6.07, 6.45) is 4.26. The smallest absolute Gasteiger partial charge is 0.317 e. The molecule has 0 radical (unpaired) electrons. The number of amides is 2. The van der Waals surface area contributed by atoms with Crippen molar-refractivity contribution in [2.24, 2.45) is 5.92 Å². The number of hydrogen-bond acceptors (Lipinski definition) is 3. The monoisotopic (exact) mass is 346 g/mol. The number of aliphatic hydroxyl groups excluding tert-OH is 1. The molecule has 2 N–H and O–H groups in total. The van der Waals surface area contributed by atoms with E-state index in [1.165, 1.54) is 12.1 Å². The predicted octanol–water partition coefficient (Wildman–Crippen LogP) is 2.31. The maximum Gasteiger partial charge on any atom is 0.317 e. The van der Waals surface area contributed by atoms with Crippen LogP contribution in [0.3, 0.4) is 0 Å². The summed E-state index contributed by atoms with van der Waals surface area (Å²) in [5.41, 5.74) is 1.47. The van der Waals surface area contributed by atoms with Crippen LogP contribution in [-0.2, 0) is 6.54 Å². The first-order chi connectivity index (χ1) is 12.0. The van der Waals surface area contributed by atoms with Crippen LogP contribution in [0.15, 0.2) is 36.5 Å². The van der Waals surface area contributed by atoms with Gasteiger partial charge in [-0.25, -0.2) is 13.9 Å². The van der Waals surface area contributed by atoms with Gasteiger partial charge in [-0.1, -0.05) is 6.42 Å². The summed E-state index contributed by atoms with van der Waals surface area (Å²) in [6.45, 7) is 0.863. The number of aromatic nitrogens is 2. The molecule has 3 rings (SSSR count). The van der Waals surface area contributed by atoms with Gasteiger partial charge < -0.3 is 15.3 Å². The van der Waals surface area contributed by atoms with E-state index in [1.54, 1.807) is 35.0 Å². The van der Waals surface area contributed by atoms with Crippen molar-refractivity contribution >= 4 is 6.03 Å². The molecule has 1 heterocycles. The van der Waals surface area contributed by atoms with Gasteiger partial charge in [0.25, 0.3) is 0 Å². The van der Waals surface area contributed by atoms with Crippen molar-refractivity contribution < 1.29 is 14.3 Å². The molecule has 1 aliphatic rings. The molecule has 0 bridgehead atoms. The molecule has 25 heavy (non-hydrogen) atoms. The van der Waals surface area contributed by atoms with E-state index in [1.807, 2.05) is 6.07 Å². The van der Waals surface area contributed by atoms with Gasteiger partial charge in [0.2, 0.25) is 0 Å². The fourth-order valence-electron chi connectivity index (χ4n) is 3.16. The number of urea groups is 1. The minimum atomic E-state index is -0.304. The van der Waals surface area contributed by atoms with Crippen LogP contribution in [0.1, 0.15) is 25.0 Å². The van der Waals surface area contributed by atoms with E-state index in [-0.39, 0.29) is 23.9 Å². The van der Waals surface area contributed by atoms with Gasteiger partial charge in [-0.15, -0.1) is 0 Å². The Morgan fingerprint density at radius 1 is 1.36 bits per heavy atom. The summed E-state index contributed by atoms with van der Waals surface area (Å²) in [6, 6.07) is 7.67. The molecule has 0 saturated heterocycles. The second-order valence-electron chi connectivity index (χ2n) is 6.53. The fourth-order valence-corrected chi connectivity index (χ4v) is 3.16. The van der Waals surface area contributed by atoms with Crippen LogP contribution in [0.4, 0.5) is 9.18 Å². The second-order valence-corrected chi connectivity index (χ2v) is 6.53. The van der Waals surface area contributed by atoms with Crippen LogP contribution >= 0.6 is 0 Å². The topological polar surface area (TPSA) is 70.4 Å².